The minimum absolute atomic E-state index is 0.00743. The topological polar surface area (TPSA) is 68.2 Å². The van der Waals surface area contributed by atoms with Gasteiger partial charge in [0.05, 0.1) is 25.2 Å². The average molecular weight is 349 g/mol. The molecule has 0 N–H and O–H groups in total. The van der Waals surface area contributed by atoms with Crippen molar-refractivity contribution in [1.82, 2.24) is 19.9 Å². The van der Waals surface area contributed by atoms with E-state index in [0.717, 1.165) is 10.2 Å². The van der Waals surface area contributed by atoms with Crippen molar-refractivity contribution in [3.63, 3.8) is 0 Å². The maximum Gasteiger partial charge on any atom is 0.228 e. The standard InChI is InChI=1S/C14H13BrN4O2/c15-10-1-2-13(17-6-10)21-12-7-19(8-12)14(20)5-11-3-4-16-9-18-11/h1-4,6,9,12H,5,7-8H2. The normalized spacial score (nSPS) is 14.6. The molecule has 2 aromatic heterocycles. The van der Waals surface area contributed by atoms with E-state index in [1.807, 2.05) is 6.07 Å². The van der Waals surface area contributed by atoms with Crippen molar-refractivity contribution in [3.8, 4) is 5.88 Å². The predicted octanol–water partition coefficient (Wildman–Crippen LogP) is 1.47. The van der Waals surface area contributed by atoms with Crippen molar-refractivity contribution < 1.29 is 9.53 Å². The molecular formula is C14H13BrN4O2. The van der Waals surface area contributed by atoms with Crippen molar-refractivity contribution in [2.75, 3.05) is 13.1 Å². The van der Waals surface area contributed by atoms with Gasteiger partial charge in [-0.1, -0.05) is 0 Å². The zero-order valence-corrected chi connectivity index (χ0v) is 12.7. The first-order chi connectivity index (χ1) is 10.2. The molecule has 7 heteroatoms. The number of nitrogens with zero attached hydrogens (tertiary/aromatic N) is 4. The van der Waals surface area contributed by atoms with Crippen molar-refractivity contribution in [3.05, 3.63) is 47.1 Å². The summed E-state index contributed by atoms with van der Waals surface area (Å²) >= 11 is 3.32. The Balaban J connectivity index is 1.47. The highest BCUT2D eigenvalue weighted by molar-refractivity contribution is 9.10. The first-order valence-electron chi connectivity index (χ1n) is 6.51. The number of rotatable bonds is 4. The number of ether oxygens (including phenoxy) is 1. The van der Waals surface area contributed by atoms with Crippen molar-refractivity contribution in [2.24, 2.45) is 0 Å². The largest absolute Gasteiger partial charge is 0.471 e. The minimum Gasteiger partial charge on any atom is -0.471 e. The zero-order valence-electron chi connectivity index (χ0n) is 11.1. The molecule has 21 heavy (non-hydrogen) atoms. The van der Waals surface area contributed by atoms with Gasteiger partial charge in [-0.25, -0.2) is 15.0 Å². The van der Waals surface area contributed by atoms with Gasteiger partial charge in [0.1, 0.15) is 12.4 Å². The Bertz CT molecular complexity index is 615. The number of hydrogen-bond acceptors (Lipinski definition) is 5. The highest BCUT2D eigenvalue weighted by atomic mass is 79.9. The van der Waals surface area contributed by atoms with Crippen LogP contribution in [0.2, 0.25) is 0 Å². The molecule has 1 saturated heterocycles. The van der Waals surface area contributed by atoms with Gasteiger partial charge < -0.3 is 9.64 Å². The summed E-state index contributed by atoms with van der Waals surface area (Å²) in [5.41, 5.74) is 0.731. The van der Waals surface area contributed by atoms with Gasteiger partial charge in [0.2, 0.25) is 11.8 Å². The summed E-state index contributed by atoms with van der Waals surface area (Å²) in [6.45, 7) is 1.17. The molecule has 0 atom stereocenters. The smallest absolute Gasteiger partial charge is 0.228 e. The average Bonchev–Trinajstić information content (AvgIpc) is 2.45. The Kier molecular flexibility index (Phi) is 4.10. The van der Waals surface area contributed by atoms with Crippen LogP contribution in [-0.2, 0) is 11.2 Å². The minimum atomic E-state index is 0.00743. The van der Waals surface area contributed by atoms with E-state index in [1.54, 1.807) is 29.4 Å². The van der Waals surface area contributed by atoms with Gasteiger partial charge in [-0.05, 0) is 28.1 Å². The van der Waals surface area contributed by atoms with E-state index >= 15 is 0 Å². The van der Waals surface area contributed by atoms with Crippen molar-refractivity contribution >= 4 is 21.8 Å². The summed E-state index contributed by atoms with van der Waals surface area (Å²) in [4.78, 5) is 25.8. The summed E-state index contributed by atoms with van der Waals surface area (Å²) < 4.78 is 6.59. The molecular weight excluding hydrogens is 336 g/mol. The molecule has 2 aromatic rings. The molecule has 1 amide bonds. The fourth-order valence-corrected chi connectivity index (χ4v) is 2.24. The number of amides is 1. The maximum atomic E-state index is 12.0. The molecule has 0 aromatic carbocycles. The lowest BCUT2D eigenvalue weighted by atomic mass is 10.1. The zero-order chi connectivity index (χ0) is 14.7. The fourth-order valence-electron chi connectivity index (χ4n) is 2.01. The summed E-state index contributed by atoms with van der Waals surface area (Å²) in [5, 5.41) is 0. The van der Waals surface area contributed by atoms with Crippen LogP contribution < -0.4 is 4.74 Å². The van der Waals surface area contributed by atoms with Gasteiger partial charge in [-0.3, -0.25) is 4.79 Å². The van der Waals surface area contributed by atoms with Crippen LogP contribution in [0.5, 0.6) is 5.88 Å². The SMILES string of the molecule is O=C(Cc1ccncn1)N1CC(Oc2ccc(Br)cn2)C1. The Labute approximate surface area is 130 Å². The van der Waals surface area contributed by atoms with Crippen LogP contribution in [0.4, 0.5) is 0 Å². The Morgan fingerprint density at radius 3 is 2.86 bits per heavy atom. The highest BCUT2D eigenvalue weighted by Gasteiger charge is 2.32. The molecule has 0 spiro atoms. The summed E-state index contributed by atoms with van der Waals surface area (Å²) in [6.07, 6.45) is 5.08. The van der Waals surface area contributed by atoms with E-state index in [9.17, 15) is 4.79 Å². The number of aromatic nitrogens is 3. The van der Waals surface area contributed by atoms with Crippen LogP contribution in [-0.4, -0.2) is 45.0 Å². The van der Waals surface area contributed by atoms with Gasteiger partial charge in [0.15, 0.2) is 0 Å². The molecule has 0 radical (unpaired) electrons. The fraction of sp³-hybridized carbons (Fsp3) is 0.286. The van der Waals surface area contributed by atoms with Gasteiger partial charge in [0, 0.05) is 22.9 Å². The first kappa shape index (κ1) is 13.9. The molecule has 1 aliphatic rings. The number of carbonyl (C=O) groups is 1. The number of hydrogen-bond donors (Lipinski definition) is 0. The molecule has 1 fully saturated rings. The van der Waals surface area contributed by atoms with Gasteiger partial charge in [-0.15, -0.1) is 0 Å². The molecule has 1 aliphatic heterocycles. The van der Waals surface area contributed by atoms with E-state index in [0.29, 0.717) is 25.4 Å². The van der Waals surface area contributed by atoms with Crippen LogP contribution in [0, 0.1) is 0 Å². The molecule has 0 saturated carbocycles. The lowest BCUT2D eigenvalue weighted by Crippen LogP contribution is -2.56. The second kappa shape index (κ2) is 6.17. The van der Waals surface area contributed by atoms with Crippen LogP contribution in [0.15, 0.2) is 41.4 Å². The Hall–Kier alpha value is -2.02. The molecule has 0 bridgehead atoms. The van der Waals surface area contributed by atoms with Crippen molar-refractivity contribution in [2.45, 2.75) is 12.5 Å². The third kappa shape index (κ3) is 3.55. The second-order valence-corrected chi connectivity index (χ2v) is 5.65. The van der Waals surface area contributed by atoms with Gasteiger partial charge in [-0.2, -0.15) is 0 Å². The van der Waals surface area contributed by atoms with E-state index in [2.05, 4.69) is 30.9 Å². The Morgan fingerprint density at radius 2 is 2.19 bits per heavy atom. The van der Waals surface area contributed by atoms with E-state index in [4.69, 9.17) is 4.74 Å². The monoisotopic (exact) mass is 348 g/mol. The van der Waals surface area contributed by atoms with Gasteiger partial charge in [0.25, 0.3) is 0 Å². The predicted molar refractivity (Wildman–Crippen MR) is 78.7 cm³/mol. The second-order valence-electron chi connectivity index (χ2n) is 4.73. The summed E-state index contributed by atoms with van der Waals surface area (Å²) in [6, 6.07) is 5.42. The quantitative estimate of drug-likeness (QED) is 0.836. The number of halogens is 1. The molecule has 3 heterocycles. The summed E-state index contributed by atoms with van der Waals surface area (Å²) in [5.74, 6) is 0.628. The lowest BCUT2D eigenvalue weighted by molar-refractivity contribution is -0.139. The third-order valence-corrected chi connectivity index (χ3v) is 3.63. The lowest BCUT2D eigenvalue weighted by Gasteiger charge is -2.38. The Morgan fingerprint density at radius 1 is 1.33 bits per heavy atom. The molecule has 108 valence electrons. The maximum absolute atomic E-state index is 12.0. The van der Waals surface area contributed by atoms with Gasteiger partial charge >= 0.3 is 0 Å². The van der Waals surface area contributed by atoms with E-state index in [-0.39, 0.29) is 12.0 Å². The molecule has 6 nitrogen and oxygen atoms in total. The highest BCUT2D eigenvalue weighted by Crippen LogP contribution is 2.18. The molecule has 0 unspecified atom stereocenters. The van der Waals surface area contributed by atoms with Crippen LogP contribution >= 0.6 is 15.9 Å². The third-order valence-electron chi connectivity index (χ3n) is 3.16. The number of likely N-dealkylation sites (tertiary alicyclic amines) is 1. The van der Waals surface area contributed by atoms with E-state index < -0.39 is 0 Å². The van der Waals surface area contributed by atoms with Crippen LogP contribution in [0.3, 0.4) is 0 Å². The first-order valence-corrected chi connectivity index (χ1v) is 7.31. The molecule has 3 rings (SSSR count). The number of pyridine rings is 1. The van der Waals surface area contributed by atoms with E-state index in [1.165, 1.54) is 6.33 Å². The number of carbonyl (C=O) groups excluding carboxylic acids is 1. The van der Waals surface area contributed by atoms with Crippen molar-refractivity contribution in [1.29, 1.82) is 0 Å². The summed E-state index contributed by atoms with van der Waals surface area (Å²) in [7, 11) is 0. The van der Waals surface area contributed by atoms with Crippen LogP contribution in [0.25, 0.3) is 0 Å². The molecule has 0 aliphatic carbocycles. The van der Waals surface area contributed by atoms with Crippen LogP contribution in [0.1, 0.15) is 5.69 Å².